The van der Waals surface area contributed by atoms with Crippen molar-refractivity contribution in [1.82, 2.24) is 25.8 Å². The van der Waals surface area contributed by atoms with E-state index in [9.17, 15) is 4.79 Å². The Hall–Kier alpha value is -1.37. The van der Waals surface area contributed by atoms with Crippen LogP contribution in [-0.4, -0.2) is 40.2 Å². The molecule has 6 nitrogen and oxygen atoms in total. The molecule has 0 aliphatic carbocycles. The van der Waals surface area contributed by atoms with E-state index in [1.54, 1.807) is 6.20 Å². The second kappa shape index (κ2) is 7.59. The van der Waals surface area contributed by atoms with Crippen LogP contribution < -0.4 is 10.6 Å². The highest BCUT2D eigenvalue weighted by Gasteiger charge is 2.17. The molecule has 0 spiro atoms. The Kier molecular flexibility index (Phi) is 6.39. The predicted octanol–water partition coefficient (Wildman–Crippen LogP) is 1.59. The molecule has 0 radical (unpaired) electrons. The number of aryl methyl sites for hydroxylation is 1. The molecule has 116 valence electrons. The Bertz CT molecular complexity index is 610. The molecule has 2 aromatic rings. The van der Waals surface area contributed by atoms with Crippen LogP contribution in [0.2, 0.25) is 0 Å². The van der Waals surface area contributed by atoms with E-state index in [-0.39, 0.29) is 36.8 Å². The zero-order valence-electron chi connectivity index (χ0n) is 11.7. The monoisotopic (exact) mass is 331 g/mol. The second-order valence-corrected chi connectivity index (χ2v) is 4.96. The minimum atomic E-state index is -0.0660. The maximum atomic E-state index is 12.2. The first-order chi connectivity index (χ1) is 9.24. The van der Waals surface area contributed by atoms with Crippen molar-refractivity contribution in [2.24, 2.45) is 0 Å². The summed E-state index contributed by atoms with van der Waals surface area (Å²) in [7, 11) is 0. The average Bonchev–Trinajstić information content (AvgIpc) is 2.81. The van der Waals surface area contributed by atoms with Crippen LogP contribution >= 0.6 is 24.8 Å². The van der Waals surface area contributed by atoms with Gasteiger partial charge in [0.2, 0.25) is 0 Å². The number of fused-ring (bicyclic) bond motifs is 1. The normalized spacial score (nSPS) is 17.7. The van der Waals surface area contributed by atoms with Gasteiger partial charge in [-0.2, -0.15) is 5.10 Å². The van der Waals surface area contributed by atoms with Crippen LogP contribution in [-0.2, 0) is 0 Å². The third-order valence-electron chi connectivity index (χ3n) is 3.49. The van der Waals surface area contributed by atoms with Crippen molar-refractivity contribution >= 4 is 41.8 Å². The maximum Gasteiger partial charge on any atom is 0.253 e. The van der Waals surface area contributed by atoms with E-state index in [1.807, 2.05) is 13.0 Å². The summed E-state index contributed by atoms with van der Waals surface area (Å²) >= 11 is 0. The Balaban J connectivity index is 0.00000110. The van der Waals surface area contributed by atoms with Crippen molar-refractivity contribution in [1.29, 1.82) is 0 Å². The fraction of sp³-hybridized carbons (Fsp3) is 0.462. The topological polar surface area (TPSA) is 82.7 Å². The molecule has 1 atom stereocenters. The zero-order chi connectivity index (χ0) is 13.2. The van der Waals surface area contributed by atoms with Gasteiger partial charge in [-0.05, 0) is 32.4 Å². The van der Waals surface area contributed by atoms with Crippen molar-refractivity contribution in [3.63, 3.8) is 0 Å². The van der Waals surface area contributed by atoms with Crippen molar-refractivity contribution in [2.45, 2.75) is 25.8 Å². The molecule has 1 aliphatic heterocycles. The molecule has 0 saturated carbocycles. The summed E-state index contributed by atoms with van der Waals surface area (Å²) in [5.41, 5.74) is 2.16. The van der Waals surface area contributed by atoms with Crippen molar-refractivity contribution in [3.05, 3.63) is 23.5 Å². The number of rotatable bonds is 2. The SMILES string of the molecule is Cc1[nH]nc2ncc(C(=O)N[C@H]3CCCNC3)cc12.Cl.Cl. The molecule has 2 aromatic heterocycles. The molecular weight excluding hydrogens is 313 g/mol. The van der Waals surface area contributed by atoms with E-state index < -0.39 is 0 Å². The number of aromatic amines is 1. The summed E-state index contributed by atoms with van der Waals surface area (Å²) in [6, 6.07) is 2.05. The van der Waals surface area contributed by atoms with E-state index in [0.717, 1.165) is 37.0 Å². The first-order valence-electron chi connectivity index (χ1n) is 6.56. The molecule has 21 heavy (non-hydrogen) atoms. The number of H-pyrrole nitrogens is 1. The molecule has 3 rings (SSSR count). The Morgan fingerprint density at radius 2 is 2.24 bits per heavy atom. The summed E-state index contributed by atoms with van der Waals surface area (Å²) in [5, 5.41) is 14.1. The van der Waals surface area contributed by atoms with Crippen LogP contribution in [0.3, 0.4) is 0 Å². The number of hydrogen-bond acceptors (Lipinski definition) is 4. The van der Waals surface area contributed by atoms with E-state index in [1.165, 1.54) is 0 Å². The average molecular weight is 332 g/mol. The lowest BCUT2D eigenvalue weighted by Crippen LogP contribution is -2.45. The lowest BCUT2D eigenvalue weighted by Gasteiger charge is -2.23. The molecule has 3 N–H and O–H groups in total. The molecule has 8 heteroatoms. The number of halogens is 2. The van der Waals surface area contributed by atoms with Gasteiger partial charge in [0.1, 0.15) is 0 Å². The molecule has 1 amide bonds. The van der Waals surface area contributed by atoms with Crippen molar-refractivity contribution in [2.75, 3.05) is 13.1 Å². The van der Waals surface area contributed by atoms with Gasteiger partial charge in [0.05, 0.1) is 5.56 Å². The largest absolute Gasteiger partial charge is 0.348 e. The highest BCUT2D eigenvalue weighted by atomic mass is 35.5. The van der Waals surface area contributed by atoms with Gasteiger partial charge in [0.25, 0.3) is 5.91 Å². The van der Waals surface area contributed by atoms with Gasteiger partial charge in [-0.15, -0.1) is 24.8 Å². The van der Waals surface area contributed by atoms with Crippen LogP contribution in [0.25, 0.3) is 11.0 Å². The van der Waals surface area contributed by atoms with Crippen LogP contribution in [0.4, 0.5) is 0 Å². The third kappa shape index (κ3) is 3.84. The number of carbonyl (C=O) groups excluding carboxylic acids is 1. The smallest absolute Gasteiger partial charge is 0.253 e. The van der Waals surface area contributed by atoms with Gasteiger partial charge < -0.3 is 10.6 Å². The molecule has 0 unspecified atom stereocenters. The standard InChI is InChI=1S/C13H17N5O.2ClH/c1-8-11-5-9(6-15-12(11)18-17-8)13(19)16-10-3-2-4-14-7-10;;/h5-6,10,14H,2-4,7H2,1H3,(H,16,19)(H,15,17,18);2*1H/t10-;;/m0../s1. The number of nitrogens with zero attached hydrogens (tertiary/aromatic N) is 2. The summed E-state index contributed by atoms with van der Waals surface area (Å²) in [6.07, 6.45) is 3.70. The Morgan fingerprint density at radius 1 is 1.43 bits per heavy atom. The van der Waals surface area contributed by atoms with E-state index in [2.05, 4.69) is 25.8 Å². The zero-order valence-corrected chi connectivity index (χ0v) is 13.3. The van der Waals surface area contributed by atoms with Gasteiger partial charge in [0, 0.05) is 29.9 Å². The van der Waals surface area contributed by atoms with E-state index in [4.69, 9.17) is 0 Å². The summed E-state index contributed by atoms with van der Waals surface area (Å²) in [6.45, 7) is 3.80. The summed E-state index contributed by atoms with van der Waals surface area (Å²) < 4.78 is 0. The molecule has 3 heterocycles. The lowest BCUT2D eigenvalue weighted by atomic mass is 10.1. The number of pyridine rings is 1. The van der Waals surface area contributed by atoms with Crippen molar-refractivity contribution < 1.29 is 4.79 Å². The number of piperidine rings is 1. The molecule has 0 bridgehead atoms. The van der Waals surface area contributed by atoms with Gasteiger partial charge in [-0.3, -0.25) is 9.89 Å². The Labute approximate surface area is 135 Å². The number of nitrogens with one attached hydrogen (secondary N) is 3. The third-order valence-corrected chi connectivity index (χ3v) is 3.49. The van der Waals surface area contributed by atoms with Gasteiger partial charge in [0.15, 0.2) is 5.65 Å². The first kappa shape index (κ1) is 17.7. The van der Waals surface area contributed by atoms with Crippen LogP contribution in [0, 0.1) is 6.92 Å². The number of aromatic nitrogens is 3. The minimum Gasteiger partial charge on any atom is -0.348 e. The van der Waals surface area contributed by atoms with Crippen LogP contribution in [0.15, 0.2) is 12.3 Å². The van der Waals surface area contributed by atoms with E-state index >= 15 is 0 Å². The van der Waals surface area contributed by atoms with Gasteiger partial charge in [-0.1, -0.05) is 0 Å². The van der Waals surface area contributed by atoms with E-state index in [0.29, 0.717) is 11.2 Å². The fourth-order valence-electron chi connectivity index (χ4n) is 2.39. The van der Waals surface area contributed by atoms with Gasteiger partial charge in [-0.25, -0.2) is 4.98 Å². The second-order valence-electron chi connectivity index (χ2n) is 4.96. The highest BCUT2D eigenvalue weighted by Crippen LogP contribution is 2.14. The molecule has 1 aliphatic rings. The summed E-state index contributed by atoms with van der Waals surface area (Å²) in [4.78, 5) is 16.4. The minimum absolute atomic E-state index is 0. The van der Waals surface area contributed by atoms with Crippen LogP contribution in [0.1, 0.15) is 28.9 Å². The lowest BCUT2D eigenvalue weighted by molar-refractivity contribution is 0.0930. The number of amides is 1. The molecule has 0 aromatic carbocycles. The van der Waals surface area contributed by atoms with Crippen molar-refractivity contribution in [3.8, 4) is 0 Å². The molecule has 1 saturated heterocycles. The highest BCUT2D eigenvalue weighted by molar-refractivity contribution is 5.97. The number of hydrogen-bond donors (Lipinski definition) is 3. The Morgan fingerprint density at radius 3 is 2.95 bits per heavy atom. The predicted molar refractivity (Wildman–Crippen MR) is 86.5 cm³/mol. The first-order valence-corrected chi connectivity index (χ1v) is 6.56. The van der Waals surface area contributed by atoms with Crippen LogP contribution in [0.5, 0.6) is 0 Å². The molecule has 1 fully saturated rings. The molecular formula is C13H19Cl2N5O. The summed E-state index contributed by atoms with van der Waals surface area (Å²) in [5.74, 6) is -0.0660. The quantitative estimate of drug-likeness (QED) is 0.780. The fourth-order valence-corrected chi connectivity index (χ4v) is 2.39. The van der Waals surface area contributed by atoms with Gasteiger partial charge >= 0.3 is 0 Å². The maximum absolute atomic E-state index is 12.2. The number of carbonyl (C=O) groups is 1.